The van der Waals surface area contributed by atoms with Crippen molar-refractivity contribution in [3.8, 4) is 11.4 Å². The van der Waals surface area contributed by atoms with Crippen molar-refractivity contribution in [2.24, 2.45) is 0 Å². The Hall–Kier alpha value is -2.88. The van der Waals surface area contributed by atoms with Crippen molar-refractivity contribution in [1.29, 1.82) is 0 Å². The molecule has 1 aliphatic carbocycles. The van der Waals surface area contributed by atoms with Gasteiger partial charge in [-0.15, -0.1) is 11.3 Å². The number of pyridine rings is 1. The van der Waals surface area contributed by atoms with E-state index in [1.807, 2.05) is 17.5 Å². The number of hydrogen-bond acceptors (Lipinski definition) is 7. The molecule has 1 aromatic carbocycles. The molecule has 172 valence electrons. The SMILES string of the molecule is CN1CCN(c2ccc3nc(-c4c(NC5CCC[C@H]5O)c5ccsc5[nH]c4=O)[nH]c3c2)CC1. The number of piperazine rings is 1. The number of hydrogen-bond donors (Lipinski definition) is 4. The predicted molar refractivity (Wildman–Crippen MR) is 135 cm³/mol. The van der Waals surface area contributed by atoms with Gasteiger partial charge in [-0.3, -0.25) is 4.79 Å². The Bertz CT molecular complexity index is 1370. The van der Waals surface area contributed by atoms with Crippen molar-refractivity contribution in [2.75, 3.05) is 43.4 Å². The number of rotatable bonds is 4. The van der Waals surface area contributed by atoms with Crippen LogP contribution in [0.2, 0.25) is 0 Å². The minimum Gasteiger partial charge on any atom is -0.391 e. The smallest absolute Gasteiger partial charge is 0.262 e. The van der Waals surface area contributed by atoms with Crippen LogP contribution in [-0.2, 0) is 0 Å². The van der Waals surface area contributed by atoms with E-state index in [-0.39, 0.29) is 11.6 Å². The summed E-state index contributed by atoms with van der Waals surface area (Å²) in [5, 5.41) is 16.8. The van der Waals surface area contributed by atoms with Crippen LogP contribution in [-0.4, -0.2) is 70.3 Å². The standard InChI is InChI=1S/C24H28N6O2S/c1-29-8-10-30(11-9-29)14-5-6-16-18(13-14)27-22(26-16)20-21(25-17-3-2-4-19(17)31)15-7-12-33-24(15)28-23(20)32/h5-7,12-13,17,19,31H,2-4,8-11H2,1H3,(H,26,27)(H2,25,28,32)/t17?,19-/m1/s1. The molecule has 1 saturated carbocycles. The van der Waals surface area contributed by atoms with Crippen molar-refractivity contribution in [3.05, 3.63) is 40.0 Å². The molecule has 0 amide bonds. The van der Waals surface area contributed by atoms with E-state index >= 15 is 0 Å². The lowest BCUT2D eigenvalue weighted by atomic mass is 10.1. The van der Waals surface area contributed by atoms with E-state index in [0.29, 0.717) is 11.4 Å². The number of H-pyrrole nitrogens is 2. The number of aliphatic hydroxyl groups is 1. The zero-order valence-corrected chi connectivity index (χ0v) is 19.4. The second-order valence-electron chi connectivity index (χ2n) is 9.19. The van der Waals surface area contributed by atoms with E-state index in [1.165, 1.54) is 17.0 Å². The molecule has 1 saturated heterocycles. The van der Waals surface area contributed by atoms with E-state index in [2.05, 4.69) is 44.3 Å². The molecule has 9 heteroatoms. The van der Waals surface area contributed by atoms with Crippen LogP contribution in [0.3, 0.4) is 0 Å². The summed E-state index contributed by atoms with van der Waals surface area (Å²) in [6.07, 6.45) is 2.23. The molecule has 8 nitrogen and oxygen atoms in total. The molecule has 4 heterocycles. The number of likely N-dealkylation sites (N-methyl/N-ethyl adjacent to an activating group) is 1. The lowest BCUT2D eigenvalue weighted by Gasteiger charge is -2.34. The first kappa shape index (κ1) is 20.7. The highest BCUT2D eigenvalue weighted by molar-refractivity contribution is 7.16. The summed E-state index contributed by atoms with van der Waals surface area (Å²) < 4.78 is 0. The molecule has 2 fully saturated rings. The Balaban J connectivity index is 1.43. The Labute approximate surface area is 195 Å². The molecule has 2 aliphatic rings. The number of aliphatic hydroxyl groups excluding tert-OH is 1. The van der Waals surface area contributed by atoms with Gasteiger partial charge < -0.3 is 30.2 Å². The number of imidazole rings is 1. The van der Waals surface area contributed by atoms with Crippen LogP contribution >= 0.6 is 11.3 Å². The summed E-state index contributed by atoms with van der Waals surface area (Å²) >= 11 is 1.50. The topological polar surface area (TPSA) is 100 Å². The number of anilines is 2. The fourth-order valence-corrected chi connectivity index (χ4v) is 5.85. The maximum Gasteiger partial charge on any atom is 0.262 e. The normalized spacial score (nSPS) is 21.9. The molecule has 0 spiro atoms. The summed E-state index contributed by atoms with van der Waals surface area (Å²) in [4.78, 5) is 30.0. The van der Waals surface area contributed by atoms with Crippen LogP contribution in [0.5, 0.6) is 0 Å². The van der Waals surface area contributed by atoms with Crippen molar-refractivity contribution in [2.45, 2.75) is 31.4 Å². The van der Waals surface area contributed by atoms with Crippen LogP contribution in [0.1, 0.15) is 19.3 Å². The van der Waals surface area contributed by atoms with E-state index in [0.717, 1.165) is 72.4 Å². The number of aromatic nitrogens is 3. The van der Waals surface area contributed by atoms with E-state index in [9.17, 15) is 9.90 Å². The number of aromatic amines is 2. The summed E-state index contributed by atoms with van der Waals surface area (Å²) in [5.41, 5.74) is 3.98. The molecule has 2 atom stereocenters. The summed E-state index contributed by atoms with van der Waals surface area (Å²) in [5.74, 6) is 0.546. The van der Waals surface area contributed by atoms with Crippen LogP contribution in [0.4, 0.5) is 11.4 Å². The highest BCUT2D eigenvalue weighted by Gasteiger charge is 2.28. The van der Waals surface area contributed by atoms with Gasteiger partial charge in [-0.05, 0) is 56.0 Å². The van der Waals surface area contributed by atoms with Gasteiger partial charge in [0.15, 0.2) is 0 Å². The zero-order chi connectivity index (χ0) is 22.5. The average Bonchev–Trinajstić information content (AvgIpc) is 3.53. The lowest BCUT2D eigenvalue weighted by molar-refractivity contribution is 0.172. The first-order valence-electron chi connectivity index (χ1n) is 11.6. The van der Waals surface area contributed by atoms with Crippen molar-refractivity contribution >= 4 is 44.0 Å². The Morgan fingerprint density at radius 2 is 2.00 bits per heavy atom. The maximum atomic E-state index is 13.2. The first-order valence-corrected chi connectivity index (χ1v) is 12.5. The van der Waals surface area contributed by atoms with Crippen LogP contribution in [0.15, 0.2) is 34.4 Å². The molecule has 33 heavy (non-hydrogen) atoms. The summed E-state index contributed by atoms with van der Waals surface area (Å²) in [6.45, 7) is 4.08. The minimum absolute atomic E-state index is 0.0677. The largest absolute Gasteiger partial charge is 0.391 e. The summed E-state index contributed by atoms with van der Waals surface area (Å²) in [6, 6.07) is 8.20. The van der Waals surface area contributed by atoms with E-state index < -0.39 is 6.10 Å². The van der Waals surface area contributed by atoms with E-state index in [4.69, 9.17) is 4.98 Å². The molecule has 3 aromatic heterocycles. The quantitative estimate of drug-likeness (QED) is 0.370. The highest BCUT2D eigenvalue weighted by atomic mass is 32.1. The minimum atomic E-state index is -0.410. The molecule has 0 bridgehead atoms. The third-order valence-electron chi connectivity index (χ3n) is 7.02. The lowest BCUT2D eigenvalue weighted by Crippen LogP contribution is -2.44. The van der Waals surface area contributed by atoms with Gasteiger partial charge in [0.05, 0.1) is 28.9 Å². The van der Waals surface area contributed by atoms with Gasteiger partial charge in [-0.25, -0.2) is 4.98 Å². The molecular weight excluding hydrogens is 436 g/mol. The van der Waals surface area contributed by atoms with Gasteiger partial charge in [-0.2, -0.15) is 0 Å². The van der Waals surface area contributed by atoms with Gasteiger partial charge >= 0.3 is 0 Å². The van der Waals surface area contributed by atoms with Gasteiger partial charge in [-0.1, -0.05) is 0 Å². The second kappa shape index (κ2) is 8.16. The molecule has 6 rings (SSSR count). The first-order chi connectivity index (χ1) is 16.1. The van der Waals surface area contributed by atoms with Crippen molar-refractivity contribution < 1.29 is 5.11 Å². The molecule has 1 aliphatic heterocycles. The van der Waals surface area contributed by atoms with Gasteiger partial charge in [0.2, 0.25) is 0 Å². The number of benzene rings is 1. The Morgan fingerprint density at radius 3 is 2.79 bits per heavy atom. The number of thiophene rings is 1. The maximum absolute atomic E-state index is 13.2. The zero-order valence-electron chi connectivity index (χ0n) is 18.6. The number of nitrogens with zero attached hydrogens (tertiary/aromatic N) is 3. The van der Waals surface area contributed by atoms with Gasteiger partial charge in [0, 0.05) is 37.3 Å². The molecular formula is C24H28N6O2S. The van der Waals surface area contributed by atoms with Crippen LogP contribution in [0.25, 0.3) is 32.6 Å². The fraction of sp³-hybridized carbons (Fsp3) is 0.417. The average molecular weight is 465 g/mol. The predicted octanol–water partition coefficient (Wildman–Crippen LogP) is 3.21. The molecule has 4 N–H and O–H groups in total. The van der Waals surface area contributed by atoms with Gasteiger partial charge in [0.25, 0.3) is 5.56 Å². The third-order valence-corrected chi connectivity index (χ3v) is 7.85. The third kappa shape index (κ3) is 3.70. The molecule has 0 radical (unpaired) electrons. The van der Waals surface area contributed by atoms with Crippen LogP contribution in [0, 0.1) is 0 Å². The monoisotopic (exact) mass is 464 g/mol. The Morgan fingerprint density at radius 1 is 1.15 bits per heavy atom. The second-order valence-corrected chi connectivity index (χ2v) is 10.1. The molecule has 4 aromatic rings. The number of nitrogens with one attached hydrogen (secondary N) is 3. The van der Waals surface area contributed by atoms with Crippen LogP contribution < -0.4 is 15.8 Å². The summed E-state index contributed by atoms with van der Waals surface area (Å²) in [7, 11) is 2.15. The van der Waals surface area contributed by atoms with Gasteiger partial charge in [0.1, 0.15) is 16.2 Å². The van der Waals surface area contributed by atoms with E-state index in [1.54, 1.807) is 0 Å². The van der Waals surface area contributed by atoms with Crippen molar-refractivity contribution in [3.63, 3.8) is 0 Å². The fourth-order valence-electron chi connectivity index (χ4n) is 5.06. The van der Waals surface area contributed by atoms with Crippen molar-refractivity contribution in [1.82, 2.24) is 19.9 Å². The Kier molecular flexibility index (Phi) is 5.12. The number of fused-ring (bicyclic) bond motifs is 2. The molecule has 1 unspecified atom stereocenters. The highest BCUT2D eigenvalue weighted by Crippen LogP contribution is 2.35.